The molecule has 2 aromatic carbocycles. The Morgan fingerprint density at radius 1 is 0.971 bits per heavy atom. The maximum absolute atomic E-state index is 13.4. The van der Waals surface area contributed by atoms with Crippen LogP contribution in [0.2, 0.25) is 0 Å². The smallest absolute Gasteiger partial charge is 0.211 e. The topological polar surface area (TPSA) is 75.0 Å². The molecule has 0 radical (unpaired) electrons. The fraction of sp³-hybridized carbons (Fsp3) is 0.310. The highest BCUT2D eigenvalue weighted by atomic mass is 16.1. The number of H-pyrrole nitrogens is 1. The Morgan fingerprint density at radius 3 is 2.38 bits per heavy atom. The Kier molecular flexibility index (Phi) is 5.74. The van der Waals surface area contributed by atoms with Gasteiger partial charge in [0.1, 0.15) is 11.5 Å². The molecule has 0 bridgehead atoms. The SMILES string of the molecule is CC(C)(C)N1CCC(c2c(N)[nH]c3ccc(C(=O)c4cccc(-c5ccccc5)c4)nc23)CC1. The van der Waals surface area contributed by atoms with Gasteiger partial charge in [-0.15, -0.1) is 0 Å². The zero-order valence-electron chi connectivity index (χ0n) is 20.1. The van der Waals surface area contributed by atoms with Crippen LogP contribution in [0.4, 0.5) is 5.82 Å². The number of nitrogen functional groups attached to an aromatic ring is 1. The number of pyridine rings is 1. The molecule has 2 aromatic heterocycles. The summed E-state index contributed by atoms with van der Waals surface area (Å²) in [5.74, 6) is 0.937. The predicted molar refractivity (Wildman–Crippen MR) is 139 cm³/mol. The van der Waals surface area contributed by atoms with Crippen LogP contribution in [-0.2, 0) is 0 Å². The fourth-order valence-corrected chi connectivity index (χ4v) is 5.10. The lowest BCUT2D eigenvalue weighted by molar-refractivity contribution is 0.102. The number of fused-ring (bicyclic) bond motifs is 1. The van der Waals surface area contributed by atoms with Gasteiger partial charge in [-0.05, 0) is 81.9 Å². The highest BCUT2D eigenvalue weighted by molar-refractivity contribution is 6.09. The van der Waals surface area contributed by atoms with Gasteiger partial charge in [-0.2, -0.15) is 0 Å². The third kappa shape index (κ3) is 4.24. The zero-order chi connectivity index (χ0) is 23.9. The number of aromatic amines is 1. The summed E-state index contributed by atoms with van der Waals surface area (Å²) in [6.07, 6.45) is 2.07. The average molecular weight is 453 g/mol. The van der Waals surface area contributed by atoms with Crippen LogP contribution in [0.15, 0.2) is 66.7 Å². The van der Waals surface area contributed by atoms with Gasteiger partial charge >= 0.3 is 0 Å². The summed E-state index contributed by atoms with van der Waals surface area (Å²) in [5.41, 5.74) is 12.6. The second-order valence-electron chi connectivity index (χ2n) is 10.3. The molecule has 0 aliphatic carbocycles. The van der Waals surface area contributed by atoms with Crippen molar-refractivity contribution >= 4 is 22.6 Å². The van der Waals surface area contributed by atoms with Gasteiger partial charge in [0.25, 0.3) is 0 Å². The van der Waals surface area contributed by atoms with E-state index in [1.807, 2.05) is 60.7 Å². The van der Waals surface area contributed by atoms with Crippen LogP contribution in [0.5, 0.6) is 0 Å². The second kappa shape index (κ2) is 8.73. The van der Waals surface area contributed by atoms with Crippen molar-refractivity contribution in [2.75, 3.05) is 18.8 Å². The summed E-state index contributed by atoms with van der Waals surface area (Å²) in [6, 6.07) is 21.6. The number of nitrogens with one attached hydrogen (secondary N) is 1. The van der Waals surface area contributed by atoms with E-state index in [0.717, 1.165) is 53.7 Å². The first kappa shape index (κ1) is 22.4. The van der Waals surface area contributed by atoms with Crippen LogP contribution in [0, 0.1) is 0 Å². The minimum absolute atomic E-state index is 0.0760. The van der Waals surface area contributed by atoms with E-state index in [-0.39, 0.29) is 11.3 Å². The molecule has 1 aliphatic heterocycles. The highest BCUT2D eigenvalue weighted by Gasteiger charge is 2.30. The molecule has 1 aliphatic rings. The van der Waals surface area contributed by atoms with Gasteiger partial charge in [-0.3, -0.25) is 9.69 Å². The maximum atomic E-state index is 13.4. The molecule has 0 unspecified atom stereocenters. The molecule has 174 valence electrons. The number of nitrogens with zero attached hydrogens (tertiary/aromatic N) is 2. The van der Waals surface area contributed by atoms with E-state index in [1.54, 1.807) is 6.07 Å². The van der Waals surface area contributed by atoms with Crippen molar-refractivity contribution < 1.29 is 4.79 Å². The number of rotatable bonds is 4. The molecule has 4 aromatic rings. The second-order valence-corrected chi connectivity index (χ2v) is 10.3. The van der Waals surface area contributed by atoms with Gasteiger partial charge < -0.3 is 10.7 Å². The predicted octanol–water partition coefficient (Wildman–Crippen LogP) is 6.02. The summed E-state index contributed by atoms with van der Waals surface area (Å²) >= 11 is 0. The molecule has 5 rings (SSSR count). The Morgan fingerprint density at radius 2 is 1.68 bits per heavy atom. The van der Waals surface area contributed by atoms with Crippen molar-refractivity contribution in [1.82, 2.24) is 14.9 Å². The Bertz CT molecular complexity index is 1330. The quantitative estimate of drug-likeness (QED) is 0.371. The summed E-state index contributed by atoms with van der Waals surface area (Å²) in [5, 5.41) is 0. The van der Waals surface area contributed by atoms with Crippen molar-refractivity contribution in [2.24, 2.45) is 0 Å². The number of carbonyl (C=O) groups excluding carboxylic acids is 1. The fourth-order valence-electron chi connectivity index (χ4n) is 5.10. The number of benzene rings is 2. The third-order valence-corrected chi connectivity index (χ3v) is 7.03. The van der Waals surface area contributed by atoms with Crippen molar-refractivity contribution in [2.45, 2.75) is 45.1 Å². The van der Waals surface area contributed by atoms with Gasteiger partial charge in [0.05, 0.1) is 11.0 Å². The molecular formula is C29H32N4O. The zero-order valence-corrected chi connectivity index (χ0v) is 20.1. The standard InChI is InChI=1S/C29H32N4O/c1-29(2,3)33-16-14-20(15-17-33)25-26-23(32-28(25)30)12-13-24(31-26)27(34)22-11-7-10-21(18-22)19-8-5-4-6-9-19/h4-13,18,20,32H,14-17,30H2,1-3H3. The monoisotopic (exact) mass is 452 g/mol. The molecule has 1 saturated heterocycles. The first-order valence-corrected chi connectivity index (χ1v) is 12.0. The van der Waals surface area contributed by atoms with Gasteiger partial charge in [-0.25, -0.2) is 4.98 Å². The number of piperidine rings is 1. The number of aromatic nitrogens is 2. The Labute approximate surface area is 201 Å². The number of nitrogens with two attached hydrogens (primary N) is 1. The molecule has 0 atom stereocenters. The Hall–Kier alpha value is -3.44. The molecule has 3 heterocycles. The first-order chi connectivity index (χ1) is 16.3. The highest BCUT2D eigenvalue weighted by Crippen LogP contribution is 2.38. The van der Waals surface area contributed by atoms with Crippen LogP contribution >= 0.6 is 0 Å². The minimum atomic E-state index is -0.0760. The lowest BCUT2D eigenvalue weighted by Gasteiger charge is -2.40. The Balaban J connectivity index is 1.45. The summed E-state index contributed by atoms with van der Waals surface area (Å²) < 4.78 is 0. The van der Waals surface area contributed by atoms with Crippen LogP contribution in [0.1, 0.15) is 61.1 Å². The minimum Gasteiger partial charge on any atom is -0.385 e. The molecule has 3 N–H and O–H groups in total. The van der Waals surface area contributed by atoms with Crippen LogP contribution in [0.3, 0.4) is 0 Å². The van der Waals surface area contributed by atoms with Crippen molar-refractivity contribution in [3.05, 3.63) is 83.6 Å². The molecule has 5 nitrogen and oxygen atoms in total. The maximum Gasteiger partial charge on any atom is 0.211 e. The van der Waals surface area contributed by atoms with Crippen molar-refractivity contribution in [3.63, 3.8) is 0 Å². The molecule has 34 heavy (non-hydrogen) atoms. The first-order valence-electron chi connectivity index (χ1n) is 12.0. The molecular weight excluding hydrogens is 420 g/mol. The van der Waals surface area contributed by atoms with E-state index in [0.29, 0.717) is 23.0 Å². The third-order valence-electron chi connectivity index (χ3n) is 7.03. The van der Waals surface area contributed by atoms with Crippen LogP contribution in [-0.4, -0.2) is 39.3 Å². The number of likely N-dealkylation sites (tertiary alicyclic amines) is 1. The van der Waals surface area contributed by atoms with Crippen molar-refractivity contribution in [1.29, 1.82) is 0 Å². The van der Waals surface area contributed by atoms with Gasteiger partial charge in [0.15, 0.2) is 0 Å². The molecule has 0 amide bonds. The van der Waals surface area contributed by atoms with Crippen LogP contribution < -0.4 is 5.73 Å². The van der Waals surface area contributed by atoms with Gasteiger partial charge in [-0.1, -0.05) is 48.5 Å². The summed E-state index contributed by atoms with van der Waals surface area (Å²) in [7, 11) is 0. The lowest BCUT2D eigenvalue weighted by atomic mass is 9.87. The van der Waals surface area contributed by atoms with E-state index in [4.69, 9.17) is 10.7 Å². The number of carbonyl (C=O) groups is 1. The molecule has 5 heteroatoms. The number of anilines is 1. The number of hydrogen-bond donors (Lipinski definition) is 2. The van der Waals surface area contributed by atoms with E-state index < -0.39 is 0 Å². The van der Waals surface area contributed by atoms with E-state index in [2.05, 4.69) is 30.7 Å². The van der Waals surface area contributed by atoms with E-state index in [9.17, 15) is 4.79 Å². The largest absolute Gasteiger partial charge is 0.385 e. The average Bonchev–Trinajstić information content (AvgIpc) is 3.18. The molecule has 0 spiro atoms. The summed E-state index contributed by atoms with van der Waals surface area (Å²) in [6.45, 7) is 8.86. The summed E-state index contributed by atoms with van der Waals surface area (Å²) in [4.78, 5) is 24.1. The normalized spacial score (nSPS) is 15.6. The van der Waals surface area contributed by atoms with Gasteiger partial charge in [0, 0.05) is 16.7 Å². The van der Waals surface area contributed by atoms with Crippen molar-refractivity contribution in [3.8, 4) is 11.1 Å². The number of hydrogen-bond acceptors (Lipinski definition) is 4. The molecule has 1 fully saturated rings. The molecule has 0 saturated carbocycles. The van der Waals surface area contributed by atoms with E-state index in [1.165, 1.54) is 0 Å². The number of ketones is 1. The lowest BCUT2D eigenvalue weighted by Crippen LogP contribution is -2.45. The van der Waals surface area contributed by atoms with Gasteiger partial charge in [0.2, 0.25) is 5.78 Å². The van der Waals surface area contributed by atoms with E-state index >= 15 is 0 Å². The van der Waals surface area contributed by atoms with Crippen LogP contribution in [0.25, 0.3) is 22.2 Å².